The van der Waals surface area contributed by atoms with Crippen molar-refractivity contribution in [2.45, 2.75) is 25.6 Å². The maximum absolute atomic E-state index is 13.9. The Kier molecular flexibility index (Phi) is 8.50. The number of hydrogen-bond acceptors (Lipinski definition) is 3. The molecule has 150 valence electrons. The van der Waals surface area contributed by atoms with Crippen molar-refractivity contribution >= 4 is 29.9 Å². The second-order valence-electron chi connectivity index (χ2n) is 7.38. The van der Waals surface area contributed by atoms with Crippen LogP contribution in [0.15, 0.2) is 35.3 Å². The summed E-state index contributed by atoms with van der Waals surface area (Å²) in [7, 11) is 5.73. The van der Waals surface area contributed by atoms with E-state index in [0.717, 1.165) is 43.3 Å². The number of benzene rings is 1. The molecule has 5 nitrogen and oxygen atoms in total. The van der Waals surface area contributed by atoms with E-state index in [2.05, 4.69) is 32.3 Å². The van der Waals surface area contributed by atoms with Crippen LogP contribution in [0, 0.1) is 5.82 Å². The lowest BCUT2D eigenvalue weighted by Crippen LogP contribution is -2.42. The molecule has 1 saturated heterocycles. The van der Waals surface area contributed by atoms with E-state index >= 15 is 0 Å². The zero-order valence-electron chi connectivity index (χ0n) is 16.5. The molecule has 2 aliphatic heterocycles. The third-order valence-electron chi connectivity index (χ3n) is 5.08. The van der Waals surface area contributed by atoms with Crippen LogP contribution in [0.3, 0.4) is 0 Å². The van der Waals surface area contributed by atoms with E-state index in [1.807, 2.05) is 38.2 Å². The Morgan fingerprint density at radius 1 is 1.30 bits per heavy atom. The first-order valence-electron chi connectivity index (χ1n) is 9.33. The van der Waals surface area contributed by atoms with Gasteiger partial charge in [0.15, 0.2) is 5.96 Å². The lowest BCUT2D eigenvalue weighted by Gasteiger charge is -2.25. The average molecular weight is 487 g/mol. The summed E-state index contributed by atoms with van der Waals surface area (Å²) in [6.45, 7) is 5.42. The fraction of sp³-hybridized carbons (Fsp3) is 0.550. The van der Waals surface area contributed by atoms with Crippen LogP contribution >= 0.6 is 24.0 Å². The van der Waals surface area contributed by atoms with Crippen molar-refractivity contribution in [3.8, 4) is 0 Å². The van der Waals surface area contributed by atoms with E-state index < -0.39 is 0 Å². The first-order chi connectivity index (χ1) is 12.6. The topological polar surface area (TPSA) is 34.1 Å². The number of likely N-dealkylation sites (tertiary alicyclic amines) is 1. The van der Waals surface area contributed by atoms with Crippen molar-refractivity contribution < 1.29 is 4.39 Å². The summed E-state index contributed by atoms with van der Waals surface area (Å²) in [5, 5.41) is 3.44. The second-order valence-corrected chi connectivity index (χ2v) is 7.38. The fourth-order valence-corrected chi connectivity index (χ4v) is 3.74. The second kappa shape index (κ2) is 10.4. The van der Waals surface area contributed by atoms with Gasteiger partial charge in [-0.3, -0.25) is 9.89 Å². The molecule has 2 heterocycles. The molecule has 3 rings (SSSR count). The monoisotopic (exact) mass is 487 g/mol. The minimum atomic E-state index is -0.145. The standard InChI is InChI=1S/C20H30FN5.HI/c1-22-20(26-11-8-18(15-26)25-9-4-5-10-25)23-13-16-6-7-19(21)17(12-16)14-24(2)3;/h4-7,12,18H,8-11,13-15H2,1-3H3,(H,22,23);1H. The Morgan fingerprint density at radius 3 is 2.70 bits per heavy atom. The van der Waals surface area contributed by atoms with E-state index in [9.17, 15) is 4.39 Å². The molecule has 0 amide bonds. The molecule has 0 saturated carbocycles. The molecule has 7 heteroatoms. The Balaban J connectivity index is 0.00000261. The van der Waals surface area contributed by atoms with Gasteiger partial charge in [0.1, 0.15) is 5.82 Å². The number of hydrogen-bond donors (Lipinski definition) is 1. The summed E-state index contributed by atoms with van der Waals surface area (Å²) in [5.41, 5.74) is 1.80. The highest BCUT2D eigenvalue weighted by atomic mass is 127. The van der Waals surface area contributed by atoms with E-state index in [1.54, 1.807) is 6.07 Å². The van der Waals surface area contributed by atoms with Crippen LogP contribution in [0.2, 0.25) is 0 Å². The van der Waals surface area contributed by atoms with Crippen molar-refractivity contribution in [3.63, 3.8) is 0 Å². The van der Waals surface area contributed by atoms with Gasteiger partial charge in [-0.1, -0.05) is 18.2 Å². The number of guanidine groups is 1. The minimum absolute atomic E-state index is 0. The molecule has 0 bridgehead atoms. The molecule has 0 aliphatic carbocycles. The van der Waals surface area contributed by atoms with Crippen molar-refractivity contribution in [1.29, 1.82) is 0 Å². The maximum Gasteiger partial charge on any atom is 0.193 e. The van der Waals surface area contributed by atoms with Crippen LogP contribution in [0.4, 0.5) is 4.39 Å². The number of rotatable bonds is 5. The van der Waals surface area contributed by atoms with Crippen LogP contribution in [0.5, 0.6) is 0 Å². The summed E-state index contributed by atoms with van der Waals surface area (Å²) in [4.78, 5) is 11.3. The summed E-state index contributed by atoms with van der Waals surface area (Å²) in [6, 6.07) is 5.95. The first-order valence-corrected chi connectivity index (χ1v) is 9.33. The minimum Gasteiger partial charge on any atom is -0.352 e. The highest BCUT2D eigenvalue weighted by Crippen LogP contribution is 2.18. The zero-order chi connectivity index (χ0) is 18.5. The number of nitrogens with zero attached hydrogens (tertiary/aromatic N) is 4. The lowest BCUT2D eigenvalue weighted by molar-refractivity contribution is 0.259. The normalized spacial score (nSPS) is 20.4. The quantitative estimate of drug-likeness (QED) is 0.300. The van der Waals surface area contributed by atoms with Crippen LogP contribution < -0.4 is 5.32 Å². The van der Waals surface area contributed by atoms with E-state index in [0.29, 0.717) is 19.1 Å². The lowest BCUT2D eigenvalue weighted by atomic mass is 10.1. The Bertz CT molecular complexity index is 668. The predicted octanol–water partition coefficient (Wildman–Crippen LogP) is 2.53. The highest BCUT2D eigenvalue weighted by molar-refractivity contribution is 14.0. The number of nitrogens with one attached hydrogen (secondary N) is 1. The molecule has 0 aromatic heterocycles. The summed E-state index contributed by atoms with van der Waals surface area (Å²) >= 11 is 0. The molecule has 1 N–H and O–H groups in total. The van der Waals surface area contributed by atoms with Gasteiger partial charge in [0.2, 0.25) is 0 Å². The Labute approximate surface area is 179 Å². The van der Waals surface area contributed by atoms with E-state index in [-0.39, 0.29) is 29.8 Å². The van der Waals surface area contributed by atoms with E-state index in [4.69, 9.17) is 0 Å². The van der Waals surface area contributed by atoms with Gasteiger partial charge >= 0.3 is 0 Å². The van der Waals surface area contributed by atoms with Gasteiger partial charge in [-0.2, -0.15) is 0 Å². The summed E-state index contributed by atoms with van der Waals surface area (Å²) in [5.74, 6) is 0.784. The summed E-state index contributed by atoms with van der Waals surface area (Å²) < 4.78 is 13.9. The summed E-state index contributed by atoms with van der Waals surface area (Å²) in [6.07, 6.45) is 5.66. The molecule has 1 aromatic carbocycles. The molecule has 0 radical (unpaired) electrons. The molecular weight excluding hydrogens is 456 g/mol. The van der Waals surface area contributed by atoms with Crippen LogP contribution in [0.1, 0.15) is 17.5 Å². The molecule has 2 aliphatic rings. The third-order valence-corrected chi connectivity index (χ3v) is 5.08. The molecule has 27 heavy (non-hydrogen) atoms. The van der Waals surface area contributed by atoms with Crippen molar-refractivity contribution in [2.75, 3.05) is 47.3 Å². The largest absolute Gasteiger partial charge is 0.352 e. The average Bonchev–Trinajstić information content (AvgIpc) is 3.29. The van der Waals surface area contributed by atoms with Crippen LogP contribution in [-0.4, -0.2) is 74.0 Å². The van der Waals surface area contributed by atoms with Crippen molar-refractivity contribution in [3.05, 3.63) is 47.3 Å². The zero-order valence-corrected chi connectivity index (χ0v) is 18.8. The molecule has 1 aromatic rings. The molecule has 1 atom stereocenters. The van der Waals surface area contributed by atoms with Gasteiger partial charge in [-0.15, -0.1) is 24.0 Å². The highest BCUT2D eigenvalue weighted by Gasteiger charge is 2.29. The van der Waals surface area contributed by atoms with Crippen molar-refractivity contribution in [1.82, 2.24) is 20.0 Å². The van der Waals surface area contributed by atoms with Crippen molar-refractivity contribution in [2.24, 2.45) is 4.99 Å². The maximum atomic E-state index is 13.9. The van der Waals surface area contributed by atoms with Crippen LogP contribution in [0.25, 0.3) is 0 Å². The van der Waals surface area contributed by atoms with Gasteiger partial charge in [-0.05, 0) is 38.2 Å². The smallest absolute Gasteiger partial charge is 0.193 e. The Morgan fingerprint density at radius 2 is 2.04 bits per heavy atom. The SMILES string of the molecule is CN=C(NCc1ccc(F)c(CN(C)C)c1)N1CCC(N2CC=CC2)C1.I. The van der Waals surface area contributed by atoms with Crippen LogP contribution in [-0.2, 0) is 13.1 Å². The van der Waals surface area contributed by atoms with Gasteiger partial charge < -0.3 is 15.1 Å². The van der Waals surface area contributed by atoms with Gasteiger partial charge in [-0.25, -0.2) is 4.39 Å². The van der Waals surface area contributed by atoms with Gasteiger partial charge in [0.05, 0.1) is 0 Å². The Hall–Kier alpha value is -1.19. The molecule has 1 fully saturated rings. The van der Waals surface area contributed by atoms with Gasteiger partial charge in [0, 0.05) is 57.9 Å². The first kappa shape index (κ1) is 22.1. The molecule has 0 spiro atoms. The molecular formula is C20H31FIN5. The number of aliphatic imine (C=N–C) groups is 1. The molecule has 1 unspecified atom stereocenters. The fourth-order valence-electron chi connectivity index (χ4n) is 3.74. The van der Waals surface area contributed by atoms with E-state index in [1.165, 1.54) is 6.42 Å². The third kappa shape index (κ3) is 5.89. The predicted molar refractivity (Wildman–Crippen MR) is 120 cm³/mol. The number of halogens is 2. The van der Waals surface area contributed by atoms with Gasteiger partial charge in [0.25, 0.3) is 0 Å².